The van der Waals surface area contributed by atoms with E-state index in [9.17, 15) is 9.18 Å². The molecule has 0 atom stereocenters. The second-order valence-electron chi connectivity index (χ2n) is 5.39. The zero-order valence-electron chi connectivity index (χ0n) is 13.0. The lowest BCUT2D eigenvalue weighted by Crippen LogP contribution is -2.18. The quantitative estimate of drug-likeness (QED) is 0.708. The molecule has 0 spiro atoms. The number of halogens is 3. The van der Waals surface area contributed by atoms with E-state index in [-0.39, 0.29) is 22.9 Å². The standard InChI is InChI=1S/C18H14Cl2FN3O/c19-14-5-2-1-4-12(14)11-24-17(8-9-22-24)23-18(25)10-13-15(20)6-3-7-16(13)21/h1-9H,10-11H2,(H,23,25). The number of nitrogens with one attached hydrogen (secondary N) is 1. The van der Waals surface area contributed by atoms with E-state index in [0.29, 0.717) is 17.4 Å². The maximum atomic E-state index is 13.8. The van der Waals surface area contributed by atoms with Gasteiger partial charge in [0.1, 0.15) is 11.6 Å². The molecule has 0 radical (unpaired) electrons. The van der Waals surface area contributed by atoms with E-state index in [1.165, 1.54) is 12.1 Å². The van der Waals surface area contributed by atoms with Crippen LogP contribution in [0.1, 0.15) is 11.1 Å². The molecule has 0 fully saturated rings. The number of carbonyl (C=O) groups is 1. The predicted octanol–water partition coefficient (Wildman–Crippen LogP) is 4.56. The van der Waals surface area contributed by atoms with Crippen LogP contribution in [-0.2, 0) is 17.8 Å². The summed E-state index contributed by atoms with van der Waals surface area (Å²) in [5.41, 5.74) is 1.04. The Bertz CT molecular complexity index is 891. The van der Waals surface area contributed by atoms with Gasteiger partial charge in [0, 0.05) is 21.7 Å². The summed E-state index contributed by atoms with van der Waals surface area (Å²) < 4.78 is 15.4. The summed E-state index contributed by atoms with van der Waals surface area (Å²) in [6, 6.07) is 13.4. The molecule has 0 saturated carbocycles. The Labute approximate surface area is 154 Å². The van der Waals surface area contributed by atoms with Crippen molar-refractivity contribution in [1.82, 2.24) is 9.78 Å². The van der Waals surface area contributed by atoms with E-state index in [0.717, 1.165) is 5.56 Å². The highest BCUT2D eigenvalue weighted by Crippen LogP contribution is 2.21. The van der Waals surface area contributed by atoms with Crippen LogP contribution in [0, 0.1) is 5.82 Å². The number of rotatable bonds is 5. The van der Waals surface area contributed by atoms with Crippen LogP contribution in [-0.4, -0.2) is 15.7 Å². The van der Waals surface area contributed by atoms with E-state index < -0.39 is 5.82 Å². The highest BCUT2D eigenvalue weighted by molar-refractivity contribution is 6.31. The van der Waals surface area contributed by atoms with Crippen LogP contribution < -0.4 is 5.32 Å². The molecule has 1 N–H and O–H groups in total. The van der Waals surface area contributed by atoms with Gasteiger partial charge in [-0.3, -0.25) is 4.79 Å². The summed E-state index contributed by atoms with van der Waals surface area (Å²) in [6.45, 7) is 0.405. The van der Waals surface area contributed by atoms with Gasteiger partial charge in [0.05, 0.1) is 19.2 Å². The van der Waals surface area contributed by atoms with Gasteiger partial charge in [-0.05, 0) is 23.8 Å². The number of benzene rings is 2. The average molecular weight is 378 g/mol. The minimum atomic E-state index is -0.507. The van der Waals surface area contributed by atoms with E-state index in [2.05, 4.69) is 10.4 Å². The zero-order chi connectivity index (χ0) is 17.8. The molecule has 7 heteroatoms. The van der Waals surface area contributed by atoms with E-state index in [4.69, 9.17) is 23.2 Å². The number of anilines is 1. The minimum absolute atomic E-state index is 0.164. The minimum Gasteiger partial charge on any atom is -0.311 e. The van der Waals surface area contributed by atoms with Gasteiger partial charge < -0.3 is 5.32 Å². The van der Waals surface area contributed by atoms with E-state index >= 15 is 0 Å². The van der Waals surface area contributed by atoms with Crippen molar-refractivity contribution in [1.29, 1.82) is 0 Å². The maximum absolute atomic E-state index is 13.8. The Morgan fingerprint density at radius 3 is 2.60 bits per heavy atom. The molecular formula is C18H14Cl2FN3O. The van der Waals surface area contributed by atoms with Gasteiger partial charge in [-0.2, -0.15) is 5.10 Å². The normalized spacial score (nSPS) is 10.7. The fraction of sp³-hybridized carbons (Fsp3) is 0.111. The fourth-order valence-electron chi connectivity index (χ4n) is 2.40. The molecule has 128 valence electrons. The van der Waals surface area contributed by atoms with Crippen molar-refractivity contribution in [3.63, 3.8) is 0 Å². The number of hydrogen-bond acceptors (Lipinski definition) is 2. The van der Waals surface area contributed by atoms with Crippen molar-refractivity contribution in [3.05, 3.63) is 81.7 Å². The summed E-state index contributed by atoms with van der Waals surface area (Å²) in [6.07, 6.45) is 1.41. The molecule has 1 aromatic heterocycles. The Kier molecular flexibility index (Phi) is 5.36. The molecule has 3 aromatic rings. The molecule has 0 unspecified atom stereocenters. The van der Waals surface area contributed by atoms with Crippen LogP contribution in [0.5, 0.6) is 0 Å². The van der Waals surface area contributed by atoms with Gasteiger partial charge in [0.15, 0.2) is 0 Å². The van der Waals surface area contributed by atoms with Gasteiger partial charge in [-0.15, -0.1) is 0 Å². The van der Waals surface area contributed by atoms with Gasteiger partial charge in [0.2, 0.25) is 5.91 Å². The van der Waals surface area contributed by atoms with Crippen LogP contribution in [0.25, 0.3) is 0 Å². The molecule has 1 heterocycles. The van der Waals surface area contributed by atoms with Crippen LogP contribution >= 0.6 is 23.2 Å². The first-order chi connectivity index (χ1) is 12.0. The third-order valence-corrected chi connectivity index (χ3v) is 4.38. The van der Waals surface area contributed by atoms with E-state index in [1.807, 2.05) is 18.2 Å². The zero-order valence-corrected chi connectivity index (χ0v) is 14.6. The first-order valence-corrected chi connectivity index (χ1v) is 8.28. The summed E-state index contributed by atoms with van der Waals surface area (Å²) in [4.78, 5) is 12.3. The Balaban J connectivity index is 1.73. The van der Waals surface area contributed by atoms with Crippen molar-refractivity contribution in [2.24, 2.45) is 0 Å². The molecule has 4 nitrogen and oxygen atoms in total. The number of hydrogen-bond donors (Lipinski definition) is 1. The Morgan fingerprint density at radius 1 is 1.08 bits per heavy atom. The number of carbonyl (C=O) groups excluding carboxylic acids is 1. The van der Waals surface area contributed by atoms with Crippen LogP contribution in [0.4, 0.5) is 10.2 Å². The second-order valence-corrected chi connectivity index (χ2v) is 6.21. The molecule has 0 bridgehead atoms. The highest BCUT2D eigenvalue weighted by Gasteiger charge is 2.14. The first-order valence-electron chi connectivity index (χ1n) is 7.52. The topological polar surface area (TPSA) is 46.9 Å². The van der Waals surface area contributed by atoms with E-state index in [1.54, 1.807) is 29.1 Å². The van der Waals surface area contributed by atoms with Gasteiger partial charge in [-0.1, -0.05) is 47.5 Å². The van der Waals surface area contributed by atoms with Gasteiger partial charge in [-0.25, -0.2) is 9.07 Å². The molecule has 0 aliphatic heterocycles. The highest BCUT2D eigenvalue weighted by atomic mass is 35.5. The van der Waals surface area contributed by atoms with Crippen LogP contribution in [0.3, 0.4) is 0 Å². The second kappa shape index (κ2) is 7.68. The van der Waals surface area contributed by atoms with Gasteiger partial charge in [0.25, 0.3) is 0 Å². The molecule has 0 aliphatic rings. The molecular weight excluding hydrogens is 364 g/mol. The van der Waals surface area contributed by atoms with Crippen molar-refractivity contribution in [3.8, 4) is 0 Å². The molecule has 1 amide bonds. The average Bonchev–Trinajstić information content (AvgIpc) is 3.00. The van der Waals surface area contributed by atoms with Crippen molar-refractivity contribution >= 4 is 34.9 Å². The first kappa shape index (κ1) is 17.5. The SMILES string of the molecule is O=C(Cc1c(F)cccc1Cl)Nc1ccnn1Cc1ccccc1Cl. The van der Waals surface area contributed by atoms with Crippen LogP contribution in [0.2, 0.25) is 10.0 Å². The Morgan fingerprint density at radius 2 is 1.84 bits per heavy atom. The summed E-state index contributed by atoms with van der Waals surface area (Å²) >= 11 is 12.1. The number of aromatic nitrogens is 2. The molecule has 0 saturated heterocycles. The third-order valence-electron chi connectivity index (χ3n) is 3.66. The smallest absolute Gasteiger partial charge is 0.230 e. The molecule has 25 heavy (non-hydrogen) atoms. The summed E-state index contributed by atoms with van der Waals surface area (Å²) in [5, 5.41) is 7.76. The van der Waals surface area contributed by atoms with Gasteiger partial charge >= 0.3 is 0 Å². The summed E-state index contributed by atoms with van der Waals surface area (Å²) in [7, 11) is 0. The van der Waals surface area contributed by atoms with Crippen molar-refractivity contribution < 1.29 is 9.18 Å². The summed E-state index contributed by atoms with van der Waals surface area (Å²) in [5.74, 6) is -0.391. The fourth-order valence-corrected chi connectivity index (χ4v) is 2.83. The van der Waals surface area contributed by atoms with Crippen molar-refractivity contribution in [2.45, 2.75) is 13.0 Å². The third kappa shape index (κ3) is 4.18. The Hall–Kier alpha value is -2.37. The molecule has 0 aliphatic carbocycles. The lowest BCUT2D eigenvalue weighted by molar-refractivity contribution is -0.115. The number of amides is 1. The predicted molar refractivity (Wildman–Crippen MR) is 96.5 cm³/mol. The maximum Gasteiger partial charge on any atom is 0.230 e. The monoisotopic (exact) mass is 377 g/mol. The molecule has 2 aromatic carbocycles. The lowest BCUT2D eigenvalue weighted by atomic mass is 10.1. The largest absolute Gasteiger partial charge is 0.311 e. The van der Waals surface area contributed by atoms with Crippen LogP contribution in [0.15, 0.2) is 54.7 Å². The number of nitrogens with zero attached hydrogens (tertiary/aromatic N) is 2. The lowest BCUT2D eigenvalue weighted by Gasteiger charge is -2.11. The molecule has 3 rings (SSSR count). The van der Waals surface area contributed by atoms with Crippen molar-refractivity contribution in [2.75, 3.05) is 5.32 Å².